The zero-order chi connectivity index (χ0) is 16.4. The maximum Gasteiger partial charge on any atom is 0.309 e. The van der Waals surface area contributed by atoms with E-state index in [2.05, 4.69) is 4.98 Å². The Kier molecular flexibility index (Phi) is 4.00. The van der Waals surface area contributed by atoms with Gasteiger partial charge in [-0.1, -0.05) is 29.5 Å². The van der Waals surface area contributed by atoms with Gasteiger partial charge < -0.3 is 5.41 Å². The van der Waals surface area contributed by atoms with Crippen LogP contribution in [-0.4, -0.2) is 21.2 Å². The molecule has 3 rings (SSSR count). The van der Waals surface area contributed by atoms with E-state index in [1.807, 2.05) is 11.5 Å². The number of thiazole rings is 1. The molecule has 2 heterocycles. The number of aromatic nitrogens is 2. The molecule has 0 fully saturated rings. The first-order valence-electron chi connectivity index (χ1n) is 6.74. The van der Waals surface area contributed by atoms with E-state index in [0.717, 1.165) is 16.0 Å². The minimum absolute atomic E-state index is 0.0980. The molecule has 0 aliphatic rings. The molecule has 23 heavy (non-hydrogen) atoms. The lowest BCUT2D eigenvalue weighted by atomic mass is 10.1. The Morgan fingerprint density at radius 2 is 2.00 bits per heavy atom. The highest BCUT2D eigenvalue weighted by Gasteiger charge is 2.29. The number of fused-ring (bicyclic) bond motifs is 1. The predicted molar refractivity (Wildman–Crippen MR) is 88.5 cm³/mol. The zero-order valence-electron chi connectivity index (χ0n) is 11.9. The monoisotopic (exact) mass is 327 g/mol. The van der Waals surface area contributed by atoms with Crippen molar-refractivity contribution in [3.63, 3.8) is 0 Å². The molecule has 0 saturated carbocycles. The van der Waals surface area contributed by atoms with Gasteiger partial charge in [0.15, 0.2) is 6.04 Å². The Balaban J connectivity index is 2.20. The number of nitrogens with one attached hydrogen (secondary N) is 2. The maximum absolute atomic E-state index is 12.4. The highest BCUT2D eigenvalue weighted by Crippen LogP contribution is 2.22. The average Bonchev–Trinajstić information content (AvgIpc) is 2.92. The first-order valence-corrected chi connectivity index (χ1v) is 7.55. The van der Waals surface area contributed by atoms with Crippen molar-refractivity contribution in [3.05, 3.63) is 64.0 Å². The molecule has 0 bridgehead atoms. The summed E-state index contributed by atoms with van der Waals surface area (Å²) < 4.78 is 2.01. The number of nitrogens with zero attached hydrogens (tertiary/aromatic N) is 2. The molecule has 1 atom stereocenters. The molecule has 1 unspecified atom stereocenters. The minimum atomic E-state index is -1.18. The summed E-state index contributed by atoms with van der Waals surface area (Å²) in [6.07, 6.45) is 1.52. The summed E-state index contributed by atoms with van der Waals surface area (Å²) in [7, 11) is 0. The molecule has 7 nitrogen and oxygen atoms in total. The molecular weight excluding hydrogens is 314 g/mol. The molecule has 1 aromatic carbocycles. The molecule has 0 aliphatic carbocycles. The molecule has 116 valence electrons. The van der Waals surface area contributed by atoms with Crippen LogP contribution in [0.4, 0.5) is 0 Å². The molecule has 2 aromatic heterocycles. The van der Waals surface area contributed by atoms with Crippen molar-refractivity contribution in [1.29, 1.82) is 5.41 Å². The number of pyridine rings is 1. The topological polar surface area (TPSA) is 114 Å². The number of nitrogens with two attached hydrogens (primary N) is 1. The van der Waals surface area contributed by atoms with Crippen molar-refractivity contribution in [3.8, 4) is 0 Å². The summed E-state index contributed by atoms with van der Waals surface area (Å²) in [6, 6.07) is 11.0. The van der Waals surface area contributed by atoms with E-state index in [1.165, 1.54) is 10.8 Å². The van der Waals surface area contributed by atoms with Crippen LogP contribution < -0.4 is 16.1 Å². The number of para-hydroxylation sites is 1. The van der Waals surface area contributed by atoms with Gasteiger partial charge >= 0.3 is 4.87 Å². The number of rotatable bonds is 4. The van der Waals surface area contributed by atoms with Gasteiger partial charge in [0.05, 0.1) is 21.6 Å². The van der Waals surface area contributed by atoms with Crippen molar-refractivity contribution in [2.45, 2.75) is 6.04 Å². The quantitative estimate of drug-likeness (QED) is 0.288. The molecule has 0 radical (unpaired) electrons. The number of hydrogen-bond acceptors (Lipinski definition) is 6. The van der Waals surface area contributed by atoms with Gasteiger partial charge in [0.2, 0.25) is 0 Å². The van der Waals surface area contributed by atoms with Crippen LogP contribution in [0.1, 0.15) is 11.7 Å². The number of carbonyl (C=O) groups excluding carboxylic acids is 1. The third-order valence-electron chi connectivity index (χ3n) is 3.38. The third kappa shape index (κ3) is 2.65. The van der Waals surface area contributed by atoms with E-state index in [1.54, 1.807) is 36.4 Å². The Hall–Kier alpha value is -2.84. The van der Waals surface area contributed by atoms with Crippen molar-refractivity contribution in [2.24, 2.45) is 5.84 Å². The second-order valence-electron chi connectivity index (χ2n) is 4.75. The SMILES string of the molecule is N=C(c1ccccn1)C(C(=O)NN)n1c(=O)sc2ccccc21. The molecule has 1 amide bonds. The first kappa shape index (κ1) is 15.1. The highest BCUT2D eigenvalue weighted by atomic mass is 32.1. The molecule has 8 heteroatoms. The molecular formula is C15H13N5O2S. The van der Waals surface area contributed by atoms with Gasteiger partial charge in [0, 0.05) is 6.20 Å². The zero-order valence-corrected chi connectivity index (χ0v) is 12.7. The van der Waals surface area contributed by atoms with E-state index in [9.17, 15) is 9.59 Å². The van der Waals surface area contributed by atoms with Crippen LogP contribution >= 0.6 is 11.3 Å². The second-order valence-corrected chi connectivity index (χ2v) is 5.74. The summed E-state index contributed by atoms with van der Waals surface area (Å²) in [6.45, 7) is 0. The summed E-state index contributed by atoms with van der Waals surface area (Å²) >= 11 is 1.02. The van der Waals surface area contributed by atoms with Crippen LogP contribution in [0, 0.1) is 5.41 Å². The normalized spacial score (nSPS) is 12.0. The number of hydrazine groups is 1. The molecule has 3 aromatic rings. The van der Waals surface area contributed by atoms with Gasteiger partial charge in [-0.15, -0.1) is 0 Å². The minimum Gasteiger partial charge on any atom is -0.300 e. The molecule has 0 spiro atoms. The van der Waals surface area contributed by atoms with Crippen LogP contribution in [0.25, 0.3) is 10.2 Å². The Morgan fingerprint density at radius 1 is 1.26 bits per heavy atom. The van der Waals surface area contributed by atoms with Crippen LogP contribution in [0.5, 0.6) is 0 Å². The van der Waals surface area contributed by atoms with Crippen LogP contribution in [-0.2, 0) is 4.79 Å². The number of amides is 1. The van der Waals surface area contributed by atoms with Crippen LogP contribution in [0.2, 0.25) is 0 Å². The van der Waals surface area contributed by atoms with E-state index in [4.69, 9.17) is 11.3 Å². The fraction of sp³-hybridized carbons (Fsp3) is 0.0667. The maximum atomic E-state index is 12.4. The lowest BCUT2D eigenvalue weighted by Gasteiger charge is -2.18. The third-order valence-corrected chi connectivity index (χ3v) is 4.32. The fourth-order valence-corrected chi connectivity index (χ4v) is 3.25. The van der Waals surface area contributed by atoms with Gasteiger partial charge in [0.1, 0.15) is 0 Å². The Labute approximate surface area is 134 Å². The number of hydrogen-bond donors (Lipinski definition) is 3. The summed E-state index contributed by atoms with van der Waals surface area (Å²) in [4.78, 5) is 28.4. The Bertz CT molecular complexity index is 932. The van der Waals surface area contributed by atoms with Crippen LogP contribution in [0.15, 0.2) is 53.5 Å². The van der Waals surface area contributed by atoms with Crippen molar-refractivity contribution in [2.75, 3.05) is 0 Å². The standard InChI is InChI=1S/C15H13N5O2S/c16-12(9-5-3-4-8-18-9)13(14(21)19-17)20-10-6-1-2-7-11(10)23-15(20)22/h1-8,13,16H,17H2,(H,19,21). The lowest BCUT2D eigenvalue weighted by molar-refractivity contribution is -0.122. The van der Waals surface area contributed by atoms with E-state index >= 15 is 0 Å². The van der Waals surface area contributed by atoms with Gasteiger partial charge in [-0.25, -0.2) is 5.84 Å². The summed E-state index contributed by atoms with van der Waals surface area (Å²) in [5.74, 6) is 4.61. The number of carbonyl (C=O) groups is 1. The summed E-state index contributed by atoms with van der Waals surface area (Å²) in [5, 5.41) is 8.33. The van der Waals surface area contributed by atoms with E-state index in [0.29, 0.717) is 11.2 Å². The smallest absolute Gasteiger partial charge is 0.300 e. The number of benzene rings is 1. The van der Waals surface area contributed by atoms with E-state index < -0.39 is 11.9 Å². The lowest BCUT2D eigenvalue weighted by Crippen LogP contribution is -2.43. The van der Waals surface area contributed by atoms with Crippen LogP contribution in [0.3, 0.4) is 0 Å². The average molecular weight is 327 g/mol. The molecule has 0 aliphatic heterocycles. The van der Waals surface area contributed by atoms with E-state index in [-0.39, 0.29) is 10.6 Å². The predicted octanol–water partition coefficient (Wildman–Crippen LogP) is 1.06. The summed E-state index contributed by atoms with van der Waals surface area (Å²) in [5.41, 5.74) is 2.82. The molecule has 0 saturated heterocycles. The van der Waals surface area contributed by atoms with Crippen molar-refractivity contribution < 1.29 is 4.79 Å². The van der Waals surface area contributed by atoms with Gasteiger partial charge in [-0.2, -0.15) is 0 Å². The fourth-order valence-electron chi connectivity index (χ4n) is 2.35. The van der Waals surface area contributed by atoms with Gasteiger partial charge in [0.25, 0.3) is 5.91 Å². The largest absolute Gasteiger partial charge is 0.309 e. The van der Waals surface area contributed by atoms with Gasteiger partial charge in [-0.3, -0.25) is 24.6 Å². The molecule has 4 N–H and O–H groups in total. The van der Waals surface area contributed by atoms with Crippen molar-refractivity contribution >= 4 is 33.2 Å². The first-order chi connectivity index (χ1) is 11.1. The second kappa shape index (κ2) is 6.11. The Morgan fingerprint density at radius 3 is 2.70 bits per heavy atom. The highest BCUT2D eigenvalue weighted by molar-refractivity contribution is 7.16. The van der Waals surface area contributed by atoms with Gasteiger partial charge in [-0.05, 0) is 24.3 Å². The van der Waals surface area contributed by atoms with Crippen molar-refractivity contribution in [1.82, 2.24) is 15.0 Å².